The van der Waals surface area contributed by atoms with E-state index in [1.807, 2.05) is 0 Å². The first-order valence-electron chi connectivity index (χ1n) is 15.0. The van der Waals surface area contributed by atoms with E-state index < -0.39 is 0 Å². The van der Waals surface area contributed by atoms with Gasteiger partial charge in [0.1, 0.15) is 0 Å². The van der Waals surface area contributed by atoms with Crippen LogP contribution >= 0.6 is 0 Å². The molecule has 206 valence electrons. The summed E-state index contributed by atoms with van der Waals surface area (Å²) in [6, 6.07) is 56.2. The van der Waals surface area contributed by atoms with Crippen LogP contribution in [0.15, 0.2) is 164 Å². The molecule has 0 aliphatic heterocycles. The van der Waals surface area contributed by atoms with Crippen molar-refractivity contribution in [3.05, 3.63) is 164 Å². The van der Waals surface area contributed by atoms with Crippen LogP contribution in [-0.4, -0.2) is 14.1 Å². The molecule has 0 radical (unpaired) electrons. The predicted octanol–water partition coefficient (Wildman–Crippen LogP) is 10.6. The van der Waals surface area contributed by atoms with Crippen LogP contribution in [0.4, 0.5) is 0 Å². The molecule has 3 aromatic heterocycles. The summed E-state index contributed by atoms with van der Waals surface area (Å²) < 4.78 is 4.68. The average molecular weight is 562 g/mol. The van der Waals surface area contributed by atoms with Gasteiger partial charge in [-0.25, -0.2) is 4.98 Å². The molecule has 44 heavy (non-hydrogen) atoms. The number of benzene rings is 6. The van der Waals surface area contributed by atoms with Crippen LogP contribution in [0, 0.1) is 0 Å². The minimum Gasteiger partial charge on any atom is -0.317 e. The van der Waals surface area contributed by atoms with Crippen molar-refractivity contribution in [2.45, 2.75) is 0 Å². The normalized spacial score (nSPS) is 11.6. The van der Waals surface area contributed by atoms with Gasteiger partial charge >= 0.3 is 0 Å². The van der Waals surface area contributed by atoms with Crippen molar-refractivity contribution in [3.8, 4) is 33.9 Å². The van der Waals surface area contributed by atoms with Crippen LogP contribution < -0.4 is 0 Å². The summed E-state index contributed by atoms with van der Waals surface area (Å²) in [5, 5.41) is 6.16. The van der Waals surface area contributed by atoms with Gasteiger partial charge in [-0.3, -0.25) is 0 Å². The van der Waals surface area contributed by atoms with E-state index in [0.717, 1.165) is 28.2 Å². The molecule has 3 heteroatoms. The van der Waals surface area contributed by atoms with Gasteiger partial charge in [-0.05, 0) is 71.4 Å². The first kappa shape index (κ1) is 24.6. The van der Waals surface area contributed by atoms with E-state index in [0.29, 0.717) is 0 Å². The van der Waals surface area contributed by atoms with E-state index in [-0.39, 0.29) is 0 Å². The summed E-state index contributed by atoms with van der Waals surface area (Å²) in [5.74, 6) is 0. The fraction of sp³-hybridized carbons (Fsp3) is 0. The van der Waals surface area contributed by atoms with E-state index in [1.54, 1.807) is 0 Å². The molecule has 9 rings (SSSR count). The molecule has 3 heterocycles. The maximum absolute atomic E-state index is 5.14. The van der Waals surface area contributed by atoms with Crippen LogP contribution in [0.2, 0.25) is 0 Å². The summed E-state index contributed by atoms with van der Waals surface area (Å²) in [5.41, 5.74) is 9.95. The minimum atomic E-state index is 0.956. The maximum atomic E-state index is 5.14. The zero-order valence-corrected chi connectivity index (χ0v) is 23.9. The number of nitrogens with zero attached hydrogens (tertiary/aromatic N) is 3. The predicted molar refractivity (Wildman–Crippen MR) is 184 cm³/mol. The number of aromatic nitrogens is 3. The minimum absolute atomic E-state index is 0.956. The lowest BCUT2D eigenvalue weighted by molar-refractivity contribution is 1.13. The smallest absolute Gasteiger partial charge is 0.0730 e. The molecular formula is C41H27N3. The Labute approximate surface area is 254 Å². The zero-order valence-electron chi connectivity index (χ0n) is 23.9. The standard InChI is InChI=1S/C41H27N3/c1-4-12-28(13-5-1)37-26-34(27-38(42-37)29-14-6-2-7-15-29)44-39-19-11-10-18-35(39)36-23-32-24-40-30(22-31(32)25-41(36)44)20-21-43(40)33-16-8-3-9-17-33/h1-27H. The van der Waals surface area contributed by atoms with Gasteiger partial charge in [0.2, 0.25) is 0 Å². The highest BCUT2D eigenvalue weighted by Crippen LogP contribution is 2.38. The molecule has 0 aliphatic rings. The SMILES string of the molecule is c1ccc(-c2cc(-n3c4ccccc4c4cc5cc6c(ccn6-c6ccccc6)cc5cc43)cc(-c3ccccc3)n2)cc1. The number of para-hydroxylation sites is 2. The van der Waals surface area contributed by atoms with Crippen molar-refractivity contribution in [1.29, 1.82) is 0 Å². The fourth-order valence-electron chi connectivity index (χ4n) is 6.60. The van der Waals surface area contributed by atoms with Gasteiger partial charge in [0.15, 0.2) is 0 Å². The summed E-state index contributed by atoms with van der Waals surface area (Å²) in [6.45, 7) is 0. The largest absolute Gasteiger partial charge is 0.317 e. The lowest BCUT2D eigenvalue weighted by Gasteiger charge is -2.13. The summed E-state index contributed by atoms with van der Waals surface area (Å²) in [6.07, 6.45) is 2.17. The van der Waals surface area contributed by atoms with Crippen molar-refractivity contribution in [2.75, 3.05) is 0 Å². The van der Waals surface area contributed by atoms with Gasteiger partial charge in [-0.2, -0.15) is 0 Å². The molecule has 0 saturated heterocycles. The molecule has 0 aliphatic carbocycles. The van der Waals surface area contributed by atoms with Gasteiger partial charge in [0.05, 0.1) is 33.6 Å². The third-order valence-corrected chi connectivity index (χ3v) is 8.68. The van der Waals surface area contributed by atoms with Crippen molar-refractivity contribution in [1.82, 2.24) is 14.1 Å². The first-order chi connectivity index (χ1) is 21.8. The summed E-state index contributed by atoms with van der Waals surface area (Å²) in [7, 11) is 0. The summed E-state index contributed by atoms with van der Waals surface area (Å²) in [4.78, 5) is 5.14. The third-order valence-electron chi connectivity index (χ3n) is 8.68. The Balaban J connectivity index is 1.32. The number of rotatable bonds is 4. The second-order valence-electron chi connectivity index (χ2n) is 11.3. The molecule has 0 unspecified atom stereocenters. The third kappa shape index (κ3) is 3.94. The highest BCUT2D eigenvalue weighted by Gasteiger charge is 2.17. The molecular weight excluding hydrogens is 534 g/mol. The molecule has 9 aromatic rings. The summed E-state index contributed by atoms with van der Waals surface area (Å²) >= 11 is 0. The Hall–Kier alpha value is -5.93. The van der Waals surface area contributed by atoms with E-state index in [2.05, 4.69) is 173 Å². The lowest BCUT2D eigenvalue weighted by atomic mass is 10.0. The first-order valence-corrected chi connectivity index (χ1v) is 15.0. The van der Waals surface area contributed by atoms with E-state index in [4.69, 9.17) is 4.98 Å². The molecule has 0 spiro atoms. The maximum Gasteiger partial charge on any atom is 0.0730 e. The topological polar surface area (TPSA) is 22.8 Å². The molecule has 0 amide bonds. The van der Waals surface area contributed by atoms with Gasteiger partial charge in [-0.15, -0.1) is 0 Å². The van der Waals surface area contributed by atoms with Crippen molar-refractivity contribution < 1.29 is 0 Å². The van der Waals surface area contributed by atoms with Crippen molar-refractivity contribution in [3.63, 3.8) is 0 Å². The highest BCUT2D eigenvalue weighted by molar-refractivity contribution is 6.15. The fourth-order valence-corrected chi connectivity index (χ4v) is 6.60. The van der Waals surface area contributed by atoms with Gasteiger partial charge in [0.25, 0.3) is 0 Å². The van der Waals surface area contributed by atoms with Crippen LogP contribution in [0.1, 0.15) is 0 Å². The van der Waals surface area contributed by atoms with Gasteiger partial charge in [0, 0.05) is 39.2 Å². The quantitative estimate of drug-likeness (QED) is 0.210. The molecule has 0 saturated carbocycles. The Morgan fingerprint density at radius 1 is 0.386 bits per heavy atom. The van der Waals surface area contributed by atoms with Crippen molar-refractivity contribution >= 4 is 43.5 Å². The average Bonchev–Trinajstić information content (AvgIpc) is 3.65. The van der Waals surface area contributed by atoms with Gasteiger partial charge < -0.3 is 9.13 Å². The molecule has 0 N–H and O–H groups in total. The van der Waals surface area contributed by atoms with Crippen LogP contribution in [0.5, 0.6) is 0 Å². The molecule has 0 atom stereocenters. The van der Waals surface area contributed by atoms with Crippen LogP contribution in [-0.2, 0) is 0 Å². The Bertz CT molecular complexity index is 2410. The highest BCUT2D eigenvalue weighted by atomic mass is 15.0. The van der Waals surface area contributed by atoms with Crippen molar-refractivity contribution in [2.24, 2.45) is 0 Å². The van der Waals surface area contributed by atoms with E-state index >= 15 is 0 Å². The Kier molecular flexibility index (Phi) is 5.50. The molecule has 0 bridgehead atoms. The van der Waals surface area contributed by atoms with Crippen LogP contribution in [0.25, 0.3) is 77.4 Å². The number of pyridine rings is 1. The van der Waals surface area contributed by atoms with Crippen LogP contribution in [0.3, 0.4) is 0 Å². The number of hydrogen-bond acceptors (Lipinski definition) is 1. The van der Waals surface area contributed by atoms with Gasteiger partial charge in [-0.1, -0.05) is 97.1 Å². The monoisotopic (exact) mass is 561 g/mol. The molecule has 6 aromatic carbocycles. The lowest BCUT2D eigenvalue weighted by Crippen LogP contribution is -1.98. The Morgan fingerprint density at radius 3 is 1.68 bits per heavy atom. The Morgan fingerprint density at radius 2 is 0.977 bits per heavy atom. The zero-order chi connectivity index (χ0) is 29.0. The molecule has 0 fully saturated rings. The number of hydrogen-bond donors (Lipinski definition) is 0. The van der Waals surface area contributed by atoms with E-state index in [9.17, 15) is 0 Å². The van der Waals surface area contributed by atoms with E-state index in [1.165, 1.54) is 49.2 Å². The second-order valence-corrected chi connectivity index (χ2v) is 11.3. The second kappa shape index (κ2) is 9.82. The number of fused-ring (bicyclic) bond motifs is 5. The molecule has 3 nitrogen and oxygen atoms in total.